The molecule has 1 aliphatic carbocycles. The summed E-state index contributed by atoms with van der Waals surface area (Å²) in [4.78, 5) is 20.5. The Morgan fingerprint density at radius 1 is 1.21 bits per heavy atom. The number of aromatic amines is 1. The Hall–Kier alpha value is -3.02. The van der Waals surface area contributed by atoms with E-state index in [-0.39, 0.29) is 5.91 Å². The van der Waals surface area contributed by atoms with E-state index in [9.17, 15) is 4.79 Å². The summed E-state index contributed by atoms with van der Waals surface area (Å²) in [5.74, 6) is 2.94. The van der Waals surface area contributed by atoms with Gasteiger partial charge in [0, 0.05) is 18.0 Å². The van der Waals surface area contributed by atoms with Crippen LogP contribution >= 0.6 is 0 Å². The predicted octanol–water partition coefficient (Wildman–Crippen LogP) is 4.42. The van der Waals surface area contributed by atoms with Gasteiger partial charge < -0.3 is 19.8 Å². The quantitative estimate of drug-likeness (QED) is 0.637. The van der Waals surface area contributed by atoms with Gasteiger partial charge in [0.2, 0.25) is 5.91 Å². The van der Waals surface area contributed by atoms with Gasteiger partial charge in [-0.25, -0.2) is 4.98 Å². The van der Waals surface area contributed by atoms with Crippen LogP contribution in [-0.4, -0.2) is 30.1 Å². The molecule has 3 aromatic rings. The predicted molar refractivity (Wildman–Crippen MR) is 109 cm³/mol. The molecule has 0 saturated heterocycles. The van der Waals surface area contributed by atoms with E-state index in [0.717, 1.165) is 28.1 Å². The number of aryl methyl sites for hydroxylation is 1. The minimum absolute atomic E-state index is 0.0389. The van der Waals surface area contributed by atoms with Gasteiger partial charge in [-0.3, -0.25) is 4.79 Å². The van der Waals surface area contributed by atoms with E-state index >= 15 is 0 Å². The average Bonchev–Trinajstić information content (AvgIpc) is 3.06. The zero-order valence-corrected chi connectivity index (χ0v) is 16.2. The van der Waals surface area contributed by atoms with Gasteiger partial charge in [0.25, 0.3) is 0 Å². The molecule has 0 aliphatic heterocycles. The van der Waals surface area contributed by atoms with Crippen molar-refractivity contribution in [1.29, 1.82) is 0 Å². The molecule has 1 fully saturated rings. The van der Waals surface area contributed by atoms with E-state index in [0.29, 0.717) is 30.3 Å². The molecule has 6 nitrogen and oxygen atoms in total. The number of ether oxygens (including phenoxy) is 2. The molecule has 0 bridgehead atoms. The van der Waals surface area contributed by atoms with Crippen LogP contribution in [0.1, 0.15) is 43.0 Å². The van der Waals surface area contributed by atoms with Crippen molar-refractivity contribution in [1.82, 2.24) is 9.97 Å². The number of carbonyl (C=O) groups is 1. The summed E-state index contributed by atoms with van der Waals surface area (Å²) in [5, 5.41) is 2.98. The van der Waals surface area contributed by atoms with Gasteiger partial charge in [-0.05, 0) is 49.1 Å². The highest BCUT2D eigenvalue weighted by Gasteiger charge is 2.22. The van der Waals surface area contributed by atoms with Gasteiger partial charge in [-0.15, -0.1) is 0 Å². The number of H-pyrrole nitrogens is 1. The Morgan fingerprint density at radius 2 is 2.07 bits per heavy atom. The number of hydrogen-bond acceptors (Lipinski definition) is 4. The maximum absolute atomic E-state index is 12.4. The standard InChI is InChI=1S/C22H25N3O3/c1-27-19-8-4-5-14(21(19)28-2)9-12-20(26)23-16-10-11-17-18(13-16)25-22(24-17)15-6-3-7-15/h4-5,8,10-11,13,15H,3,6-7,9,12H2,1-2H3,(H,23,26)(H,24,25). The summed E-state index contributed by atoms with van der Waals surface area (Å²) in [6, 6.07) is 11.5. The molecule has 28 heavy (non-hydrogen) atoms. The monoisotopic (exact) mass is 379 g/mol. The van der Waals surface area contributed by atoms with Crippen LogP contribution in [0.2, 0.25) is 0 Å². The molecule has 1 heterocycles. The third-order valence-corrected chi connectivity index (χ3v) is 5.38. The fourth-order valence-electron chi connectivity index (χ4n) is 3.60. The van der Waals surface area contributed by atoms with E-state index < -0.39 is 0 Å². The first-order chi connectivity index (χ1) is 13.7. The average molecular weight is 379 g/mol. The van der Waals surface area contributed by atoms with Gasteiger partial charge in [-0.1, -0.05) is 18.6 Å². The normalized spacial score (nSPS) is 13.9. The maximum atomic E-state index is 12.4. The number of anilines is 1. The first kappa shape index (κ1) is 18.3. The Balaban J connectivity index is 1.41. The molecule has 146 valence electrons. The third-order valence-electron chi connectivity index (χ3n) is 5.38. The lowest BCUT2D eigenvalue weighted by Crippen LogP contribution is -2.12. The van der Waals surface area contributed by atoms with Crippen molar-refractivity contribution >= 4 is 22.6 Å². The van der Waals surface area contributed by atoms with Crippen LogP contribution in [0.5, 0.6) is 11.5 Å². The molecule has 1 saturated carbocycles. The lowest BCUT2D eigenvalue weighted by molar-refractivity contribution is -0.116. The minimum Gasteiger partial charge on any atom is -0.493 e. The molecular formula is C22H25N3O3. The highest BCUT2D eigenvalue weighted by Crippen LogP contribution is 2.35. The molecule has 2 aromatic carbocycles. The number of hydrogen-bond donors (Lipinski definition) is 2. The summed E-state index contributed by atoms with van der Waals surface area (Å²) < 4.78 is 10.8. The van der Waals surface area contributed by atoms with E-state index in [1.807, 2.05) is 36.4 Å². The van der Waals surface area contributed by atoms with E-state index in [1.165, 1.54) is 19.3 Å². The molecule has 1 amide bonds. The van der Waals surface area contributed by atoms with Gasteiger partial charge in [-0.2, -0.15) is 0 Å². The van der Waals surface area contributed by atoms with E-state index in [1.54, 1.807) is 14.2 Å². The smallest absolute Gasteiger partial charge is 0.224 e. The lowest BCUT2D eigenvalue weighted by Gasteiger charge is -2.22. The highest BCUT2D eigenvalue weighted by molar-refractivity contribution is 5.93. The van der Waals surface area contributed by atoms with Crippen molar-refractivity contribution in [2.24, 2.45) is 0 Å². The number of amides is 1. The van der Waals surface area contributed by atoms with Crippen LogP contribution in [0.15, 0.2) is 36.4 Å². The Morgan fingerprint density at radius 3 is 2.79 bits per heavy atom. The molecule has 2 N–H and O–H groups in total. The van der Waals surface area contributed by atoms with Crippen molar-refractivity contribution in [2.45, 2.75) is 38.0 Å². The molecule has 4 rings (SSSR count). The van der Waals surface area contributed by atoms with Crippen molar-refractivity contribution in [3.8, 4) is 11.5 Å². The number of carbonyl (C=O) groups excluding carboxylic acids is 1. The topological polar surface area (TPSA) is 76.2 Å². The lowest BCUT2D eigenvalue weighted by atomic mass is 9.85. The number of nitrogens with one attached hydrogen (secondary N) is 2. The third kappa shape index (κ3) is 3.67. The number of methoxy groups -OCH3 is 2. The number of para-hydroxylation sites is 1. The second-order valence-corrected chi connectivity index (χ2v) is 7.18. The molecule has 1 aromatic heterocycles. The Kier molecular flexibility index (Phi) is 5.19. The largest absolute Gasteiger partial charge is 0.493 e. The molecular weight excluding hydrogens is 354 g/mol. The Labute approximate surface area is 164 Å². The van der Waals surface area contributed by atoms with Gasteiger partial charge in [0.15, 0.2) is 11.5 Å². The van der Waals surface area contributed by atoms with E-state index in [2.05, 4.69) is 15.3 Å². The molecule has 0 atom stereocenters. The maximum Gasteiger partial charge on any atom is 0.224 e. The van der Waals surface area contributed by atoms with Gasteiger partial charge >= 0.3 is 0 Å². The van der Waals surface area contributed by atoms with Crippen molar-refractivity contribution < 1.29 is 14.3 Å². The van der Waals surface area contributed by atoms with Crippen molar-refractivity contribution in [3.63, 3.8) is 0 Å². The van der Waals surface area contributed by atoms with Crippen LogP contribution in [0.25, 0.3) is 11.0 Å². The van der Waals surface area contributed by atoms with Crippen LogP contribution in [-0.2, 0) is 11.2 Å². The van der Waals surface area contributed by atoms with Crippen molar-refractivity contribution in [3.05, 3.63) is 47.8 Å². The zero-order chi connectivity index (χ0) is 19.5. The molecule has 6 heteroatoms. The van der Waals surface area contributed by atoms with Crippen LogP contribution in [0, 0.1) is 0 Å². The molecule has 0 spiro atoms. The number of rotatable bonds is 7. The fraction of sp³-hybridized carbons (Fsp3) is 0.364. The van der Waals surface area contributed by atoms with Crippen LogP contribution in [0.3, 0.4) is 0 Å². The molecule has 0 unspecified atom stereocenters. The molecule has 1 aliphatic rings. The highest BCUT2D eigenvalue weighted by atomic mass is 16.5. The fourth-order valence-corrected chi connectivity index (χ4v) is 3.60. The number of benzene rings is 2. The summed E-state index contributed by atoms with van der Waals surface area (Å²) >= 11 is 0. The minimum atomic E-state index is -0.0389. The second-order valence-electron chi connectivity index (χ2n) is 7.18. The first-order valence-corrected chi connectivity index (χ1v) is 9.67. The summed E-state index contributed by atoms with van der Waals surface area (Å²) in [6.07, 6.45) is 4.62. The SMILES string of the molecule is COc1cccc(CCC(=O)Nc2ccc3nc(C4CCC4)[nH]c3c2)c1OC. The number of fused-ring (bicyclic) bond motifs is 1. The number of imidazole rings is 1. The zero-order valence-electron chi connectivity index (χ0n) is 16.2. The van der Waals surface area contributed by atoms with Crippen LogP contribution < -0.4 is 14.8 Å². The van der Waals surface area contributed by atoms with Gasteiger partial charge in [0.1, 0.15) is 5.82 Å². The van der Waals surface area contributed by atoms with Crippen molar-refractivity contribution in [2.75, 3.05) is 19.5 Å². The summed E-state index contributed by atoms with van der Waals surface area (Å²) in [5.41, 5.74) is 3.64. The second kappa shape index (κ2) is 7.92. The van der Waals surface area contributed by atoms with Gasteiger partial charge in [0.05, 0.1) is 25.3 Å². The molecule has 0 radical (unpaired) electrons. The number of nitrogens with zero attached hydrogens (tertiary/aromatic N) is 1. The summed E-state index contributed by atoms with van der Waals surface area (Å²) in [7, 11) is 3.22. The number of aromatic nitrogens is 2. The first-order valence-electron chi connectivity index (χ1n) is 9.67. The Bertz CT molecular complexity index is 992. The summed E-state index contributed by atoms with van der Waals surface area (Å²) in [6.45, 7) is 0. The van der Waals surface area contributed by atoms with E-state index in [4.69, 9.17) is 9.47 Å². The van der Waals surface area contributed by atoms with Crippen LogP contribution in [0.4, 0.5) is 5.69 Å².